The molecule has 0 aromatic heterocycles. The van der Waals surface area contributed by atoms with E-state index in [1.807, 2.05) is 0 Å². The maximum atomic E-state index is 12.4. The second kappa shape index (κ2) is 41.3. The molecule has 0 aliphatic carbocycles. The molecule has 0 rings (SSSR count). The van der Waals surface area contributed by atoms with Gasteiger partial charge < -0.3 is 18.9 Å². The molecule has 0 spiro atoms. The fourth-order valence-corrected chi connectivity index (χ4v) is 6.39. The predicted octanol–water partition coefficient (Wildman–Crippen LogP) is 12.0. The predicted molar refractivity (Wildman–Crippen MR) is 203 cm³/mol. The Labute approximate surface area is 314 Å². The quantitative estimate of drug-likeness (QED) is 0.0287. The zero-order valence-electron chi connectivity index (χ0n) is 31.5. The Balaban J connectivity index is 0. The summed E-state index contributed by atoms with van der Waals surface area (Å²) >= 11 is 0. The molecule has 7 nitrogen and oxygen atoms in total. The van der Waals surface area contributed by atoms with Gasteiger partial charge in [0.2, 0.25) is 0 Å². The standard InChI is InChI=1S/C39H77O7P.Sn/c1-3-5-7-9-11-13-15-17-19-21-23-25-27-29-31-33-38(40)44-35-37(36-45-47(42)43)46-39(41)34-32-30-28-26-24-22-20-18-16-14-12-10-8-6-4-2;/h37,47H,3-36H2,1-2H3,(H,42,43);/t37-;/m1./s1. The van der Waals surface area contributed by atoms with Crippen molar-refractivity contribution in [3.8, 4) is 0 Å². The van der Waals surface area contributed by atoms with Crippen molar-refractivity contribution >= 4 is 44.1 Å². The van der Waals surface area contributed by atoms with Crippen LogP contribution in [-0.4, -0.2) is 60.1 Å². The van der Waals surface area contributed by atoms with Crippen molar-refractivity contribution in [3.05, 3.63) is 0 Å². The summed E-state index contributed by atoms with van der Waals surface area (Å²) in [5.74, 6) is -0.718. The smallest absolute Gasteiger partial charge is 0.316 e. The Morgan fingerprint density at radius 1 is 0.479 bits per heavy atom. The van der Waals surface area contributed by atoms with E-state index in [4.69, 9.17) is 18.9 Å². The molecule has 9 heteroatoms. The average molecular weight is 808 g/mol. The number of hydrogen-bond donors (Lipinski definition) is 1. The van der Waals surface area contributed by atoms with Gasteiger partial charge in [0.15, 0.2) is 6.10 Å². The van der Waals surface area contributed by atoms with Gasteiger partial charge in [-0.2, -0.15) is 0 Å². The topological polar surface area (TPSA) is 99.1 Å². The molecule has 0 aromatic carbocycles. The van der Waals surface area contributed by atoms with E-state index in [-0.39, 0.29) is 55.5 Å². The molecule has 48 heavy (non-hydrogen) atoms. The van der Waals surface area contributed by atoms with E-state index < -0.39 is 14.4 Å². The summed E-state index contributed by atoms with van der Waals surface area (Å²) in [6, 6.07) is 0. The van der Waals surface area contributed by atoms with Crippen molar-refractivity contribution in [2.24, 2.45) is 0 Å². The van der Waals surface area contributed by atoms with Gasteiger partial charge in [0, 0.05) is 36.7 Å². The second-order valence-electron chi connectivity index (χ2n) is 13.8. The largest absolute Gasteiger partial charge is 0.462 e. The third-order valence-electron chi connectivity index (χ3n) is 9.09. The molecule has 284 valence electrons. The van der Waals surface area contributed by atoms with E-state index >= 15 is 0 Å². The molecule has 0 heterocycles. The Morgan fingerprint density at radius 3 is 1.08 bits per heavy atom. The molecule has 0 saturated heterocycles. The van der Waals surface area contributed by atoms with Crippen LogP contribution in [0.25, 0.3) is 0 Å². The van der Waals surface area contributed by atoms with E-state index in [1.54, 1.807) is 0 Å². The van der Waals surface area contributed by atoms with Crippen LogP contribution in [0.5, 0.6) is 0 Å². The summed E-state index contributed by atoms with van der Waals surface area (Å²) in [5.41, 5.74) is 0. The van der Waals surface area contributed by atoms with E-state index in [1.165, 1.54) is 154 Å². The molecule has 0 aromatic rings. The van der Waals surface area contributed by atoms with Crippen LogP contribution in [0.3, 0.4) is 0 Å². The van der Waals surface area contributed by atoms with Crippen LogP contribution in [0, 0.1) is 0 Å². The molecule has 0 saturated carbocycles. The van der Waals surface area contributed by atoms with E-state index in [9.17, 15) is 14.2 Å². The molecule has 1 unspecified atom stereocenters. The molecule has 0 fully saturated rings. The van der Waals surface area contributed by atoms with Gasteiger partial charge in [0.1, 0.15) is 6.61 Å². The molecule has 0 aliphatic heterocycles. The van der Waals surface area contributed by atoms with E-state index in [0.29, 0.717) is 6.42 Å². The molecule has 0 aliphatic rings. The van der Waals surface area contributed by atoms with Gasteiger partial charge in [0.05, 0.1) is 6.61 Å². The van der Waals surface area contributed by atoms with Gasteiger partial charge in [-0.1, -0.05) is 194 Å². The van der Waals surface area contributed by atoms with Crippen LogP contribution in [0.2, 0.25) is 0 Å². The summed E-state index contributed by atoms with van der Waals surface area (Å²) < 4.78 is 26.6. The summed E-state index contributed by atoms with van der Waals surface area (Å²) in [6.07, 6.45) is 37.7. The maximum Gasteiger partial charge on any atom is 0.316 e. The van der Waals surface area contributed by atoms with Gasteiger partial charge in [-0.25, -0.2) is 0 Å². The van der Waals surface area contributed by atoms with Gasteiger partial charge in [-0.3, -0.25) is 14.2 Å². The Morgan fingerprint density at radius 2 is 0.771 bits per heavy atom. The number of hydrogen-bond acceptors (Lipinski definition) is 6. The van der Waals surface area contributed by atoms with Crippen LogP contribution in [0.1, 0.15) is 219 Å². The third-order valence-corrected chi connectivity index (χ3v) is 9.50. The zero-order valence-corrected chi connectivity index (χ0v) is 35.4. The first kappa shape index (κ1) is 50.0. The fraction of sp³-hybridized carbons (Fsp3) is 0.949. The van der Waals surface area contributed by atoms with Crippen LogP contribution in [0.4, 0.5) is 0 Å². The summed E-state index contributed by atoms with van der Waals surface area (Å²) in [7, 11) is -3.16. The van der Waals surface area contributed by atoms with Crippen molar-refractivity contribution in [1.29, 1.82) is 0 Å². The summed E-state index contributed by atoms with van der Waals surface area (Å²) in [6.45, 7) is 4.11. The molecule has 4 radical (unpaired) electrons. The van der Waals surface area contributed by atoms with Crippen molar-refractivity contribution in [2.75, 3.05) is 13.2 Å². The molecule has 0 amide bonds. The number of carbonyl (C=O) groups is 2. The first-order valence-electron chi connectivity index (χ1n) is 20.2. The molecule has 1 N–H and O–H groups in total. The average Bonchev–Trinajstić information content (AvgIpc) is 3.05. The van der Waals surface area contributed by atoms with Gasteiger partial charge in [-0.15, -0.1) is 0 Å². The van der Waals surface area contributed by atoms with Crippen molar-refractivity contribution in [3.63, 3.8) is 0 Å². The maximum absolute atomic E-state index is 12.4. The molecular weight excluding hydrogens is 730 g/mol. The van der Waals surface area contributed by atoms with Gasteiger partial charge >= 0.3 is 20.2 Å². The number of ether oxygens (including phenoxy) is 2. The van der Waals surface area contributed by atoms with Crippen LogP contribution in [-0.2, 0) is 28.2 Å². The van der Waals surface area contributed by atoms with Crippen molar-refractivity contribution < 1.29 is 33.0 Å². The van der Waals surface area contributed by atoms with Crippen LogP contribution < -0.4 is 0 Å². The minimum Gasteiger partial charge on any atom is -0.462 e. The SMILES string of the molecule is CCCCCCCCCCCCCCCCCC(=O)OC[C@H](CO[PH](=O)O)OC(=O)CCCCCCCCCCCCCCCCC.[Sn]. The van der Waals surface area contributed by atoms with Crippen LogP contribution in [0.15, 0.2) is 0 Å². The Kier molecular flexibility index (Phi) is 43.0. The van der Waals surface area contributed by atoms with Crippen LogP contribution >= 0.6 is 8.25 Å². The number of rotatable bonds is 38. The van der Waals surface area contributed by atoms with Crippen molar-refractivity contribution in [1.82, 2.24) is 0 Å². The van der Waals surface area contributed by atoms with E-state index in [2.05, 4.69) is 13.8 Å². The first-order chi connectivity index (χ1) is 23.0. The second-order valence-corrected chi connectivity index (χ2v) is 14.6. The normalized spacial score (nSPS) is 12.4. The molecule has 2 atom stereocenters. The number of unbranched alkanes of at least 4 members (excludes halogenated alkanes) is 28. The fourth-order valence-electron chi connectivity index (χ4n) is 6.06. The van der Waals surface area contributed by atoms with Gasteiger partial charge in [0.25, 0.3) is 0 Å². The van der Waals surface area contributed by atoms with Gasteiger partial charge in [-0.05, 0) is 12.8 Å². The van der Waals surface area contributed by atoms with Crippen molar-refractivity contribution in [2.45, 2.75) is 225 Å². The summed E-state index contributed by atoms with van der Waals surface area (Å²) in [4.78, 5) is 33.6. The summed E-state index contributed by atoms with van der Waals surface area (Å²) in [5, 5.41) is 0. The molecule has 0 bridgehead atoms. The zero-order chi connectivity index (χ0) is 34.5. The number of esters is 2. The minimum absolute atomic E-state index is 0. The first-order valence-corrected chi connectivity index (χ1v) is 21.5. The molecular formula is C39H77O7PSn. The minimum atomic E-state index is -3.16. The number of carbonyl (C=O) groups excluding carboxylic acids is 2. The Bertz CT molecular complexity index is 710. The van der Waals surface area contributed by atoms with E-state index in [0.717, 1.165) is 38.5 Å². The monoisotopic (exact) mass is 808 g/mol. The third kappa shape index (κ3) is 40.3. The Hall–Kier alpha value is -0.111.